The summed E-state index contributed by atoms with van der Waals surface area (Å²) in [5, 5.41) is 11.9. The van der Waals surface area contributed by atoms with Gasteiger partial charge in [0.25, 0.3) is 0 Å². The van der Waals surface area contributed by atoms with Crippen LogP contribution in [0.25, 0.3) is 5.69 Å². The molecule has 0 saturated heterocycles. The lowest BCUT2D eigenvalue weighted by molar-refractivity contribution is -0.118. The first kappa shape index (κ1) is 20.0. The topological polar surface area (TPSA) is 69.0 Å². The quantitative estimate of drug-likeness (QED) is 0.559. The summed E-state index contributed by atoms with van der Waals surface area (Å²) in [6, 6.07) is 16.0. The first-order valence-electron chi connectivity index (χ1n) is 8.80. The van der Waals surface area contributed by atoms with Crippen molar-refractivity contribution in [2.75, 3.05) is 19.4 Å². The van der Waals surface area contributed by atoms with Gasteiger partial charge in [-0.1, -0.05) is 42.1 Å². The number of nitrogens with one attached hydrogen (secondary N) is 1. The highest BCUT2D eigenvalue weighted by Gasteiger charge is 2.15. The second-order valence-corrected chi connectivity index (χ2v) is 6.96. The standard InChI is InChI=1S/C20H21FN4O2S/c1-27-13-18-23-24-20(25(18)17-5-3-2-4-6-17)28-14-19(26)22-12-11-15-7-9-16(21)10-8-15/h2-10H,11-14H2,1H3,(H,22,26). The number of halogens is 1. The molecule has 1 heterocycles. The number of ether oxygens (including phenoxy) is 1. The van der Waals surface area contributed by atoms with E-state index in [0.29, 0.717) is 30.6 Å². The molecular weight excluding hydrogens is 379 g/mol. The third-order valence-corrected chi connectivity index (χ3v) is 4.90. The molecule has 0 aliphatic carbocycles. The number of benzene rings is 2. The molecule has 0 aliphatic rings. The van der Waals surface area contributed by atoms with E-state index >= 15 is 0 Å². The third-order valence-electron chi connectivity index (χ3n) is 3.97. The predicted molar refractivity (Wildman–Crippen MR) is 106 cm³/mol. The van der Waals surface area contributed by atoms with Crippen molar-refractivity contribution in [3.63, 3.8) is 0 Å². The summed E-state index contributed by atoms with van der Waals surface area (Å²) in [7, 11) is 1.60. The average molecular weight is 400 g/mol. The summed E-state index contributed by atoms with van der Waals surface area (Å²) in [6.45, 7) is 0.817. The second-order valence-electron chi connectivity index (χ2n) is 6.02. The first-order chi connectivity index (χ1) is 13.7. The van der Waals surface area contributed by atoms with E-state index in [-0.39, 0.29) is 17.5 Å². The van der Waals surface area contributed by atoms with Crippen LogP contribution in [-0.4, -0.2) is 40.1 Å². The molecule has 3 rings (SSSR count). The molecule has 6 nitrogen and oxygen atoms in total. The van der Waals surface area contributed by atoms with Crippen LogP contribution in [0.2, 0.25) is 0 Å². The number of aromatic nitrogens is 3. The molecule has 1 aromatic heterocycles. The zero-order chi connectivity index (χ0) is 19.8. The number of amides is 1. The molecule has 8 heteroatoms. The Bertz CT molecular complexity index is 900. The number of methoxy groups -OCH3 is 1. The molecular formula is C20H21FN4O2S. The molecule has 0 unspecified atom stereocenters. The van der Waals surface area contributed by atoms with Crippen LogP contribution < -0.4 is 5.32 Å². The fourth-order valence-electron chi connectivity index (χ4n) is 2.63. The van der Waals surface area contributed by atoms with Crippen LogP contribution in [0.4, 0.5) is 4.39 Å². The number of hydrogen-bond donors (Lipinski definition) is 1. The number of rotatable bonds is 9. The van der Waals surface area contributed by atoms with Crippen molar-refractivity contribution in [3.8, 4) is 5.69 Å². The maximum Gasteiger partial charge on any atom is 0.230 e. The Kier molecular flexibility index (Phi) is 7.16. The van der Waals surface area contributed by atoms with Crippen molar-refractivity contribution >= 4 is 17.7 Å². The monoisotopic (exact) mass is 400 g/mol. The number of hydrogen-bond acceptors (Lipinski definition) is 5. The van der Waals surface area contributed by atoms with Crippen LogP contribution in [0, 0.1) is 5.82 Å². The zero-order valence-corrected chi connectivity index (χ0v) is 16.3. The maximum atomic E-state index is 12.9. The Hall–Kier alpha value is -2.71. The van der Waals surface area contributed by atoms with Crippen molar-refractivity contribution < 1.29 is 13.9 Å². The Morgan fingerprint density at radius 3 is 2.61 bits per heavy atom. The van der Waals surface area contributed by atoms with Crippen molar-refractivity contribution in [3.05, 3.63) is 71.8 Å². The number of carbonyl (C=O) groups excluding carboxylic acids is 1. The van der Waals surface area contributed by atoms with E-state index in [9.17, 15) is 9.18 Å². The van der Waals surface area contributed by atoms with Crippen molar-refractivity contribution in [2.45, 2.75) is 18.2 Å². The van der Waals surface area contributed by atoms with E-state index in [0.717, 1.165) is 11.3 Å². The van der Waals surface area contributed by atoms with Gasteiger partial charge in [0.1, 0.15) is 12.4 Å². The van der Waals surface area contributed by atoms with Crippen LogP contribution in [0.15, 0.2) is 59.8 Å². The third kappa shape index (κ3) is 5.40. The van der Waals surface area contributed by atoms with Gasteiger partial charge in [0.15, 0.2) is 11.0 Å². The molecule has 0 spiro atoms. The highest BCUT2D eigenvalue weighted by molar-refractivity contribution is 7.99. The van der Waals surface area contributed by atoms with Gasteiger partial charge in [0.2, 0.25) is 5.91 Å². The Morgan fingerprint density at radius 2 is 1.89 bits per heavy atom. The Morgan fingerprint density at radius 1 is 1.14 bits per heavy atom. The van der Waals surface area contributed by atoms with Crippen molar-refractivity contribution in [2.24, 2.45) is 0 Å². The SMILES string of the molecule is COCc1nnc(SCC(=O)NCCc2ccc(F)cc2)n1-c1ccccc1. The molecule has 28 heavy (non-hydrogen) atoms. The van der Waals surface area contributed by atoms with E-state index in [1.165, 1.54) is 23.9 Å². The molecule has 3 aromatic rings. The molecule has 0 saturated carbocycles. The van der Waals surface area contributed by atoms with Crippen LogP contribution in [0.3, 0.4) is 0 Å². The van der Waals surface area contributed by atoms with Gasteiger partial charge in [0.05, 0.1) is 5.75 Å². The smallest absolute Gasteiger partial charge is 0.230 e. The van der Waals surface area contributed by atoms with Gasteiger partial charge in [0, 0.05) is 19.3 Å². The van der Waals surface area contributed by atoms with Crippen molar-refractivity contribution in [1.82, 2.24) is 20.1 Å². The number of nitrogens with zero attached hydrogens (tertiary/aromatic N) is 3. The van der Waals surface area contributed by atoms with Gasteiger partial charge < -0.3 is 10.1 Å². The lowest BCUT2D eigenvalue weighted by atomic mass is 10.1. The van der Waals surface area contributed by atoms with E-state index in [1.807, 2.05) is 34.9 Å². The summed E-state index contributed by atoms with van der Waals surface area (Å²) >= 11 is 1.32. The van der Waals surface area contributed by atoms with E-state index in [2.05, 4.69) is 15.5 Å². The Labute approximate surface area is 167 Å². The van der Waals surface area contributed by atoms with Gasteiger partial charge in [-0.05, 0) is 36.2 Å². The molecule has 0 fully saturated rings. The lowest BCUT2D eigenvalue weighted by Gasteiger charge is -2.10. The summed E-state index contributed by atoms with van der Waals surface area (Å²) in [4.78, 5) is 12.2. The number of carbonyl (C=O) groups is 1. The maximum absolute atomic E-state index is 12.9. The normalized spacial score (nSPS) is 10.8. The molecule has 0 radical (unpaired) electrons. The minimum absolute atomic E-state index is 0.0944. The summed E-state index contributed by atoms with van der Waals surface area (Å²) in [5.41, 5.74) is 1.89. The minimum Gasteiger partial charge on any atom is -0.377 e. The van der Waals surface area contributed by atoms with Crippen LogP contribution >= 0.6 is 11.8 Å². The highest BCUT2D eigenvalue weighted by atomic mass is 32.2. The van der Waals surface area contributed by atoms with Gasteiger partial charge in [-0.25, -0.2) is 4.39 Å². The minimum atomic E-state index is -0.264. The zero-order valence-electron chi connectivity index (χ0n) is 15.5. The van der Waals surface area contributed by atoms with Crippen LogP contribution in [-0.2, 0) is 22.6 Å². The Balaban J connectivity index is 1.56. The fraction of sp³-hybridized carbons (Fsp3) is 0.250. The number of para-hydroxylation sites is 1. The summed E-state index contributed by atoms with van der Waals surface area (Å²) in [6.07, 6.45) is 0.648. The van der Waals surface area contributed by atoms with Gasteiger partial charge >= 0.3 is 0 Å². The van der Waals surface area contributed by atoms with Gasteiger partial charge in [-0.15, -0.1) is 10.2 Å². The van der Waals surface area contributed by atoms with Crippen LogP contribution in [0.1, 0.15) is 11.4 Å². The van der Waals surface area contributed by atoms with Crippen molar-refractivity contribution in [1.29, 1.82) is 0 Å². The average Bonchev–Trinajstić information content (AvgIpc) is 3.11. The fourth-order valence-corrected chi connectivity index (χ4v) is 3.43. The largest absolute Gasteiger partial charge is 0.377 e. The van der Waals surface area contributed by atoms with E-state index in [4.69, 9.17) is 4.74 Å². The molecule has 0 atom stereocenters. The van der Waals surface area contributed by atoms with Gasteiger partial charge in [-0.3, -0.25) is 9.36 Å². The molecule has 1 amide bonds. The molecule has 2 aromatic carbocycles. The predicted octanol–water partition coefficient (Wildman–Crippen LogP) is 3.00. The molecule has 0 aliphatic heterocycles. The number of thioether (sulfide) groups is 1. The lowest BCUT2D eigenvalue weighted by Crippen LogP contribution is -2.27. The van der Waals surface area contributed by atoms with Crippen LogP contribution in [0.5, 0.6) is 0 Å². The summed E-state index contributed by atoms with van der Waals surface area (Å²) in [5.74, 6) is 0.539. The highest BCUT2D eigenvalue weighted by Crippen LogP contribution is 2.22. The summed E-state index contributed by atoms with van der Waals surface area (Å²) < 4.78 is 20.0. The van der Waals surface area contributed by atoms with E-state index < -0.39 is 0 Å². The molecule has 1 N–H and O–H groups in total. The van der Waals surface area contributed by atoms with E-state index in [1.54, 1.807) is 19.2 Å². The molecule has 146 valence electrons. The van der Waals surface area contributed by atoms with Gasteiger partial charge in [-0.2, -0.15) is 0 Å². The molecule has 0 bridgehead atoms. The first-order valence-corrected chi connectivity index (χ1v) is 9.78. The second kappa shape index (κ2) is 10.0.